The van der Waals surface area contributed by atoms with Crippen LogP contribution in [0.1, 0.15) is 25.8 Å². The van der Waals surface area contributed by atoms with Crippen molar-refractivity contribution in [3.63, 3.8) is 0 Å². The molecule has 0 fully saturated rings. The Morgan fingerprint density at radius 3 is 2.50 bits per heavy atom. The normalized spacial score (nSPS) is 11.0. The van der Waals surface area contributed by atoms with Crippen LogP contribution in [0.4, 0.5) is 0 Å². The average molecular weight is 250 g/mol. The lowest BCUT2D eigenvalue weighted by molar-refractivity contribution is -0.123. The summed E-state index contributed by atoms with van der Waals surface area (Å²) in [5.74, 6) is -0.647. The minimum Gasteiger partial charge on any atom is -0.508 e. The molecule has 4 N–H and O–H groups in total. The quantitative estimate of drug-likeness (QED) is 0.718. The zero-order valence-corrected chi connectivity index (χ0v) is 10.6. The maximum Gasteiger partial charge on any atom is 0.224 e. The second kappa shape index (κ2) is 5.53. The van der Waals surface area contributed by atoms with Gasteiger partial charge < -0.3 is 16.2 Å². The Balaban J connectivity index is 2.62. The molecule has 98 valence electrons. The van der Waals surface area contributed by atoms with Crippen molar-refractivity contribution in [1.29, 1.82) is 0 Å². The Bertz CT molecular complexity index is 455. The molecule has 0 spiro atoms. The van der Waals surface area contributed by atoms with Gasteiger partial charge in [-0.1, -0.05) is 18.2 Å². The topological polar surface area (TPSA) is 92.4 Å². The van der Waals surface area contributed by atoms with Crippen LogP contribution in [0.5, 0.6) is 5.75 Å². The van der Waals surface area contributed by atoms with Crippen molar-refractivity contribution >= 4 is 11.8 Å². The van der Waals surface area contributed by atoms with Gasteiger partial charge in [0.05, 0.1) is 6.42 Å². The molecule has 0 heterocycles. The van der Waals surface area contributed by atoms with E-state index >= 15 is 0 Å². The van der Waals surface area contributed by atoms with Crippen LogP contribution < -0.4 is 11.1 Å². The van der Waals surface area contributed by atoms with Crippen LogP contribution >= 0.6 is 0 Å². The SMILES string of the molecule is CC(C)(CC(N)=O)NC(=O)Cc1ccccc1O. The molecule has 0 aliphatic carbocycles. The van der Waals surface area contributed by atoms with Crippen LogP contribution in [-0.2, 0) is 16.0 Å². The summed E-state index contributed by atoms with van der Waals surface area (Å²) in [6.07, 6.45) is 0.133. The van der Waals surface area contributed by atoms with E-state index in [4.69, 9.17) is 5.73 Å². The molecule has 0 saturated carbocycles. The largest absolute Gasteiger partial charge is 0.508 e. The van der Waals surface area contributed by atoms with Gasteiger partial charge in [-0.2, -0.15) is 0 Å². The van der Waals surface area contributed by atoms with Crippen molar-refractivity contribution in [2.45, 2.75) is 32.2 Å². The highest BCUT2D eigenvalue weighted by atomic mass is 16.3. The molecule has 2 amide bonds. The fraction of sp³-hybridized carbons (Fsp3) is 0.385. The van der Waals surface area contributed by atoms with E-state index in [0.29, 0.717) is 5.56 Å². The van der Waals surface area contributed by atoms with E-state index in [0.717, 1.165) is 0 Å². The lowest BCUT2D eigenvalue weighted by Gasteiger charge is -2.24. The molecule has 0 unspecified atom stereocenters. The first-order valence-electron chi connectivity index (χ1n) is 5.66. The molecule has 5 heteroatoms. The van der Waals surface area contributed by atoms with Crippen molar-refractivity contribution in [3.8, 4) is 5.75 Å². The number of carbonyl (C=O) groups is 2. The number of para-hydroxylation sites is 1. The Labute approximate surface area is 106 Å². The number of phenols is 1. The smallest absolute Gasteiger partial charge is 0.224 e. The van der Waals surface area contributed by atoms with Crippen LogP contribution in [0.15, 0.2) is 24.3 Å². The zero-order chi connectivity index (χ0) is 13.8. The van der Waals surface area contributed by atoms with Crippen LogP contribution in [0.2, 0.25) is 0 Å². The highest BCUT2D eigenvalue weighted by molar-refractivity contribution is 5.81. The number of rotatable bonds is 5. The summed E-state index contributed by atoms with van der Waals surface area (Å²) in [4.78, 5) is 22.6. The number of nitrogens with two attached hydrogens (primary N) is 1. The number of benzene rings is 1. The first-order valence-corrected chi connectivity index (χ1v) is 5.66. The summed E-state index contributed by atoms with van der Waals surface area (Å²) in [7, 11) is 0. The summed E-state index contributed by atoms with van der Waals surface area (Å²) in [6, 6.07) is 6.64. The minimum atomic E-state index is -0.687. The molecule has 1 aromatic rings. The summed E-state index contributed by atoms with van der Waals surface area (Å²) < 4.78 is 0. The second-order valence-corrected chi connectivity index (χ2v) is 4.88. The van der Waals surface area contributed by atoms with E-state index in [9.17, 15) is 14.7 Å². The van der Waals surface area contributed by atoms with E-state index < -0.39 is 11.4 Å². The molecule has 0 radical (unpaired) electrons. The Morgan fingerprint density at radius 1 is 1.33 bits per heavy atom. The molecule has 0 saturated heterocycles. The van der Waals surface area contributed by atoms with E-state index in [-0.39, 0.29) is 24.5 Å². The van der Waals surface area contributed by atoms with Gasteiger partial charge in [-0.25, -0.2) is 0 Å². The lowest BCUT2D eigenvalue weighted by atomic mass is 9.99. The van der Waals surface area contributed by atoms with Gasteiger partial charge >= 0.3 is 0 Å². The fourth-order valence-electron chi connectivity index (χ4n) is 1.73. The van der Waals surface area contributed by atoms with Gasteiger partial charge in [0.1, 0.15) is 5.75 Å². The van der Waals surface area contributed by atoms with Crippen LogP contribution in [-0.4, -0.2) is 22.5 Å². The third kappa shape index (κ3) is 4.45. The summed E-state index contributed by atoms with van der Waals surface area (Å²) in [6.45, 7) is 3.45. The van der Waals surface area contributed by atoms with E-state index in [1.165, 1.54) is 6.07 Å². The zero-order valence-electron chi connectivity index (χ0n) is 10.6. The second-order valence-electron chi connectivity index (χ2n) is 4.88. The van der Waals surface area contributed by atoms with E-state index in [1.807, 2.05) is 0 Å². The first-order chi connectivity index (χ1) is 8.30. The number of carbonyl (C=O) groups excluding carboxylic acids is 2. The number of hydrogen-bond donors (Lipinski definition) is 3. The number of aromatic hydroxyl groups is 1. The Hall–Kier alpha value is -2.04. The van der Waals surface area contributed by atoms with Gasteiger partial charge in [-0.15, -0.1) is 0 Å². The lowest BCUT2D eigenvalue weighted by Crippen LogP contribution is -2.46. The Morgan fingerprint density at radius 2 is 1.94 bits per heavy atom. The standard InChI is InChI=1S/C13H18N2O3/c1-13(2,8-11(14)17)15-12(18)7-9-5-3-4-6-10(9)16/h3-6,16H,7-8H2,1-2H3,(H2,14,17)(H,15,18). The molecule has 18 heavy (non-hydrogen) atoms. The third-order valence-corrected chi connectivity index (χ3v) is 2.44. The Kier molecular flexibility index (Phi) is 4.31. The van der Waals surface area contributed by atoms with Gasteiger partial charge in [-0.3, -0.25) is 9.59 Å². The van der Waals surface area contributed by atoms with Crippen LogP contribution in [0.25, 0.3) is 0 Å². The number of hydrogen-bond acceptors (Lipinski definition) is 3. The average Bonchev–Trinajstić information content (AvgIpc) is 2.18. The molecule has 0 atom stereocenters. The number of primary amides is 1. The molecule has 0 aliphatic rings. The number of nitrogens with one attached hydrogen (secondary N) is 1. The first kappa shape index (κ1) is 14.0. The van der Waals surface area contributed by atoms with E-state index in [2.05, 4.69) is 5.32 Å². The molecular weight excluding hydrogens is 232 g/mol. The molecule has 1 aromatic carbocycles. The van der Waals surface area contributed by atoms with Crippen LogP contribution in [0.3, 0.4) is 0 Å². The summed E-state index contributed by atoms with van der Waals surface area (Å²) in [5, 5.41) is 12.3. The number of phenolic OH excluding ortho intramolecular Hbond substituents is 1. The van der Waals surface area contributed by atoms with Gasteiger partial charge in [0.15, 0.2) is 0 Å². The minimum absolute atomic E-state index is 0.0644. The van der Waals surface area contributed by atoms with Gasteiger partial charge in [0.25, 0.3) is 0 Å². The summed E-state index contributed by atoms with van der Waals surface area (Å²) >= 11 is 0. The predicted molar refractivity (Wildman–Crippen MR) is 67.8 cm³/mol. The van der Waals surface area contributed by atoms with E-state index in [1.54, 1.807) is 32.0 Å². The van der Waals surface area contributed by atoms with Crippen molar-refractivity contribution < 1.29 is 14.7 Å². The fourth-order valence-corrected chi connectivity index (χ4v) is 1.73. The highest BCUT2D eigenvalue weighted by Gasteiger charge is 2.23. The molecule has 0 aliphatic heterocycles. The highest BCUT2D eigenvalue weighted by Crippen LogP contribution is 2.16. The predicted octanol–water partition coefficient (Wildman–Crippen LogP) is 0.705. The third-order valence-electron chi connectivity index (χ3n) is 2.44. The summed E-state index contributed by atoms with van der Waals surface area (Å²) in [5.41, 5.74) is 4.96. The van der Waals surface area contributed by atoms with Crippen molar-refractivity contribution in [1.82, 2.24) is 5.32 Å². The maximum atomic E-state index is 11.8. The van der Waals surface area contributed by atoms with Crippen LogP contribution in [0, 0.1) is 0 Å². The molecule has 1 rings (SSSR count). The molecule has 0 aromatic heterocycles. The van der Waals surface area contributed by atoms with Crippen molar-refractivity contribution in [2.75, 3.05) is 0 Å². The monoisotopic (exact) mass is 250 g/mol. The van der Waals surface area contributed by atoms with Crippen molar-refractivity contribution in [3.05, 3.63) is 29.8 Å². The maximum absolute atomic E-state index is 11.8. The van der Waals surface area contributed by atoms with Gasteiger partial charge in [0, 0.05) is 17.5 Å². The van der Waals surface area contributed by atoms with Gasteiger partial charge in [0.2, 0.25) is 11.8 Å². The van der Waals surface area contributed by atoms with Crippen molar-refractivity contribution in [2.24, 2.45) is 5.73 Å². The van der Waals surface area contributed by atoms with Gasteiger partial charge in [-0.05, 0) is 19.9 Å². The molecule has 5 nitrogen and oxygen atoms in total. The number of amides is 2. The molecular formula is C13H18N2O3. The molecule has 0 bridgehead atoms.